The summed E-state index contributed by atoms with van der Waals surface area (Å²) in [5.41, 5.74) is 0.918. The van der Waals surface area contributed by atoms with Gasteiger partial charge in [0.25, 0.3) is 0 Å². The maximum atomic E-state index is 14.1. The lowest BCUT2D eigenvalue weighted by Gasteiger charge is -2.37. The van der Waals surface area contributed by atoms with E-state index in [9.17, 15) is 9.13 Å². The highest BCUT2D eigenvalue weighted by molar-refractivity contribution is 9.10. The molecule has 3 atom stereocenters. The molecule has 3 unspecified atom stereocenters. The fourth-order valence-corrected chi connectivity index (χ4v) is 8.94. The molecule has 2 N–H and O–H groups in total. The predicted molar refractivity (Wildman–Crippen MR) is 132 cm³/mol. The van der Waals surface area contributed by atoms with Crippen LogP contribution in [-0.2, 0) is 36.7 Å². The van der Waals surface area contributed by atoms with E-state index in [-0.39, 0.29) is 32.6 Å². The van der Waals surface area contributed by atoms with Crippen LogP contribution in [0.5, 0.6) is 0 Å². The highest BCUT2D eigenvalue weighted by Gasteiger charge is 2.45. The van der Waals surface area contributed by atoms with E-state index >= 15 is 0 Å². The monoisotopic (exact) mass is 572 g/mol. The lowest BCUT2D eigenvalue weighted by molar-refractivity contribution is -0.00804. The van der Waals surface area contributed by atoms with Crippen LogP contribution in [0.15, 0.2) is 16.6 Å². The van der Waals surface area contributed by atoms with Gasteiger partial charge in [-0.1, -0.05) is 15.9 Å². The lowest BCUT2D eigenvalue weighted by atomic mass is 10.1. The second-order valence-corrected chi connectivity index (χ2v) is 12.3. The summed E-state index contributed by atoms with van der Waals surface area (Å²) in [6.45, 7) is 7.56. The van der Waals surface area contributed by atoms with Gasteiger partial charge in [0.2, 0.25) is 0 Å². The van der Waals surface area contributed by atoms with Gasteiger partial charge in [-0.3, -0.25) is 9.13 Å². The van der Waals surface area contributed by atoms with Crippen molar-refractivity contribution in [1.82, 2.24) is 0 Å². The third kappa shape index (κ3) is 7.03. The summed E-state index contributed by atoms with van der Waals surface area (Å²) < 4.78 is 61.8. The van der Waals surface area contributed by atoms with Crippen LogP contribution in [0.4, 0.5) is 11.4 Å². The highest BCUT2D eigenvalue weighted by atomic mass is 79.9. The van der Waals surface area contributed by atoms with Gasteiger partial charge in [-0.25, -0.2) is 0 Å². The van der Waals surface area contributed by atoms with Gasteiger partial charge in [0.15, 0.2) is 12.5 Å². The van der Waals surface area contributed by atoms with Gasteiger partial charge in [0, 0.05) is 18.7 Å². The van der Waals surface area contributed by atoms with E-state index < -0.39 is 33.3 Å². The van der Waals surface area contributed by atoms with Crippen LogP contribution < -0.4 is 10.6 Å². The van der Waals surface area contributed by atoms with Crippen LogP contribution in [0.1, 0.15) is 38.9 Å². The van der Waals surface area contributed by atoms with Crippen LogP contribution in [0.3, 0.4) is 0 Å². The number of fused-ring (bicyclic) bond motifs is 1. The molecule has 13 heteroatoms. The first-order chi connectivity index (χ1) is 15.7. The Hall–Kier alpha value is -0.480. The van der Waals surface area contributed by atoms with Gasteiger partial charge < -0.3 is 38.2 Å². The zero-order valence-corrected chi connectivity index (χ0v) is 23.3. The number of hydrogen-bond donors (Lipinski definition) is 2. The van der Waals surface area contributed by atoms with E-state index in [1.807, 2.05) is 6.07 Å². The van der Waals surface area contributed by atoms with Gasteiger partial charge in [0.1, 0.15) is 0 Å². The SMILES string of the molecule is CCOP(=O)(CC(c1cc(Br)cc2c1NC(OC)C(OC)N2)P(=O)(OCC)OCC)OCC. The molecule has 0 fully saturated rings. The number of anilines is 2. The minimum atomic E-state index is -3.80. The predicted octanol–water partition coefficient (Wildman–Crippen LogP) is 5.80. The topological polar surface area (TPSA) is 114 Å². The normalized spacial score (nSPS) is 19.5. The fraction of sp³-hybridized carbons (Fsp3) is 0.700. The van der Waals surface area contributed by atoms with E-state index in [1.54, 1.807) is 48.0 Å². The molecule has 190 valence electrons. The van der Waals surface area contributed by atoms with Crippen LogP contribution in [0.2, 0.25) is 0 Å². The Labute approximate surface area is 204 Å². The van der Waals surface area contributed by atoms with Crippen molar-refractivity contribution >= 4 is 42.5 Å². The molecule has 0 amide bonds. The van der Waals surface area contributed by atoms with Crippen molar-refractivity contribution in [3.05, 3.63) is 22.2 Å². The summed E-state index contributed by atoms with van der Waals surface area (Å²) in [4.78, 5) is 0. The molecule has 0 spiro atoms. The van der Waals surface area contributed by atoms with Gasteiger partial charge in [-0.15, -0.1) is 0 Å². The van der Waals surface area contributed by atoms with E-state index in [1.165, 1.54) is 0 Å². The van der Waals surface area contributed by atoms with E-state index in [4.69, 9.17) is 27.6 Å². The second kappa shape index (κ2) is 13.0. The Morgan fingerprint density at radius 1 is 0.879 bits per heavy atom. The number of halogens is 1. The lowest BCUT2D eigenvalue weighted by Crippen LogP contribution is -2.45. The molecule has 1 aromatic carbocycles. The summed E-state index contributed by atoms with van der Waals surface area (Å²) in [6.07, 6.45) is -1.19. The maximum Gasteiger partial charge on any atom is 0.338 e. The number of rotatable bonds is 14. The van der Waals surface area contributed by atoms with Crippen molar-refractivity contribution in [2.24, 2.45) is 0 Å². The molecule has 1 aromatic rings. The summed E-state index contributed by atoms with van der Waals surface area (Å²) in [6, 6.07) is 3.66. The number of nitrogens with one attached hydrogen (secondary N) is 2. The van der Waals surface area contributed by atoms with Gasteiger partial charge in [-0.2, -0.15) is 0 Å². The van der Waals surface area contributed by atoms with Crippen molar-refractivity contribution in [2.75, 3.05) is 57.4 Å². The quantitative estimate of drug-likeness (QED) is 0.265. The number of ether oxygens (including phenoxy) is 2. The minimum Gasteiger partial charge on any atom is -0.357 e. The molecule has 2 rings (SSSR count). The third-order valence-corrected chi connectivity index (χ3v) is 10.2. The molecule has 0 bridgehead atoms. The summed E-state index contributed by atoms with van der Waals surface area (Å²) in [5.74, 6) is 0. The Balaban J connectivity index is 2.70. The molecule has 0 aromatic heterocycles. The first-order valence-corrected chi connectivity index (χ1v) is 15.0. The highest BCUT2D eigenvalue weighted by Crippen LogP contribution is 2.68. The van der Waals surface area contributed by atoms with Crippen molar-refractivity contribution in [3.8, 4) is 0 Å². The van der Waals surface area contributed by atoms with Gasteiger partial charge in [0.05, 0.1) is 49.6 Å². The zero-order valence-electron chi connectivity index (χ0n) is 20.0. The Kier molecular flexibility index (Phi) is 11.3. The molecule has 1 heterocycles. The van der Waals surface area contributed by atoms with Crippen LogP contribution >= 0.6 is 31.1 Å². The standard InChI is InChI=1S/C20H35BrN2O8P2/c1-7-28-32(24,29-8-2)13-17(33(25,30-9-3)31-10-4)15-11-14(21)12-16-18(15)23-20(27-6)19(22-16)26-5/h11-12,17,19-20,22-23H,7-10,13H2,1-6H3. The van der Waals surface area contributed by atoms with E-state index in [2.05, 4.69) is 26.6 Å². The van der Waals surface area contributed by atoms with Crippen molar-refractivity contribution in [3.63, 3.8) is 0 Å². The molecular weight excluding hydrogens is 538 g/mol. The molecule has 0 saturated carbocycles. The van der Waals surface area contributed by atoms with E-state index in [0.29, 0.717) is 21.4 Å². The van der Waals surface area contributed by atoms with Crippen LogP contribution in [-0.4, -0.2) is 59.3 Å². The third-order valence-electron chi connectivity index (χ3n) is 4.91. The van der Waals surface area contributed by atoms with Crippen molar-refractivity contribution < 1.29 is 36.7 Å². The molecule has 10 nitrogen and oxygen atoms in total. The molecule has 0 aliphatic carbocycles. The van der Waals surface area contributed by atoms with Gasteiger partial charge in [-0.05, 0) is 45.4 Å². The molecule has 1 aliphatic rings. The Morgan fingerprint density at radius 2 is 1.39 bits per heavy atom. The van der Waals surface area contributed by atoms with Crippen molar-refractivity contribution in [2.45, 2.75) is 45.8 Å². The fourth-order valence-electron chi connectivity index (χ4n) is 3.67. The Bertz CT molecular complexity index is 855. The smallest absolute Gasteiger partial charge is 0.338 e. The first-order valence-electron chi connectivity index (χ1n) is 10.9. The molecule has 0 saturated heterocycles. The molecule has 33 heavy (non-hydrogen) atoms. The van der Waals surface area contributed by atoms with Crippen LogP contribution in [0, 0.1) is 0 Å². The average Bonchev–Trinajstić information content (AvgIpc) is 2.76. The minimum absolute atomic E-state index is 0.148. The van der Waals surface area contributed by atoms with E-state index in [0.717, 1.165) is 0 Å². The molecule has 1 aliphatic heterocycles. The summed E-state index contributed by atoms with van der Waals surface area (Å²) in [5, 5.41) is 6.57. The summed E-state index contributed by atoms with van der Waals surface area (Å²) >= 11 is 3.53. The number of hydrogen-bond acceptors (Lipinski definition) is 10. The second-order valence-electron chi connectivity index (χ2n) is 7.04. The first kappa shape index (κ1) is 28.8. The largest absolute Gasteiger partial charge is 0.357 e. The molecule has 0 radical (unpaired) electrons. The number of benzene rings is 1. The number of methoxy groups -OCH3 is 2. The average molecular weight is 573 g/mol. The summed E-state index contributed by atoms with van der Waals surface area (Å²) in [7, 11) is -4.31. The van der Waals surface area contributed by atoms with Crippen LogP contribution in [0.25, 0.3) is 0 Å². The maximum absolute atomic E-state index is 14.1. The zero-order chi connectivity index (χ0) is 24.6. The van der Waals surface area contributed by atoms with Gasteiger partial charge >= 0.3 is 15.2 Å². The molecular formula is C20H35BrN2O8P2. The Morgan fingerprint density at radius 3 is 1.88 bits per heavy atom. The van der Waals surface area contributed by atoms with Crippen molar-refractivity contribution in [1.29, 1.82) is 0 Å².